The molecule has 1 heterocycles. The van der Waals surface area contributed by atoms with Gasteiger partial charge in [0, 0.05) is 5.03 Å². The summed E-state index contributed by atoms with van der Waals surface area (Å²) in [5, 5.41) is 4.87. The van der Waals surface area contributed by atoms with Crippen molar-refractivity contribution < 1.29 is 0 Å². The molecule has 0 unspecified atom stereocenters. The third kappa shape index (κ3) is 1.90. The minimum Gasteiger partial charge on any atom is -0.263 e. The van der Waals surface area contributed by atoms with Gasteiger partial charge in [-0.3, -0.25) is 4.68 Å². The van der Waals surface area contributed by atoms with Crippen molar-refractivity contribution in [3.63, 3.8) is 0 Å². The molecular weight excluding hydrogens is 239 g/mol. The highest BCUT2D eigenvalue weighted by Crippen LogP contribution is 2.20. The Labute approximate surface area is 85.3 Å². The molecule has 4 heteroatoms. The minimum absolute atomic E-state index is 0.569. The van der Waals surface area contributed by atoms with Crippen LogP contribution in [-0.4, -0.2) is 9.78 Å². The van der Waals surface area contributed by atoms with Crippen LogP contribution in [0.4, 0.5) is 0 Å². The average molecular weight is 250 g/mol. The number of aryl methyl sites for hydroxylation is 1. The monoisotopic (exact) mass is 248 g/mol. The van der Waals surface area contributed by atoms with E-state index in [4.69, 9.17) is 11.6 Å². The molecule has 0 saturated heterocycles. The number of allylic oxidation sites excluding steroid dienone is 1. The van der Waals surface area contributed by atoms with Crippen molar-refractivity contribution >= 4 is 27.5 Å². The third-order valence-electron chi connectivity index (χ3n) is 1.61. The number of aromatic nitrogens is 2. The smallest absolute Gasteiger partial charge is 0.0763 e. The average Bonchev–Trinajstić information content (AvgIpc) is 2.17. The molecule has 0 aliphatic carbocycles. The van der Waals surface area contributed by atoms with Gasteiger partial charge in [-0.25, -0.2) is 0 Å². The summed E-state index contributed by atoms with van der Waals surface area (Å²) in [6, 6.07) is 0. The van der Waals surface area contributed by atoms with Crippen LogP contribution in [0, 0.1) is 13.8 Å². The predicted octanol–water partition coefficient (Wildman–Crippen LogP) is 3.01. The van der Waals surface area contributed by atoms with Gasteiger partial charge in [-0.1, -0.05) is 18.2 Å². The van der Waals surface area contributed by atoms with E-state index >= 15 is 0 Å². The minimum atomic E-state index is 0.569. The lowest BCUT2D eigenvalue weighted by atomic mass is 10.4. The largest absolute Gasteiger partial charge is 0.263 e. The molecule has 0 spiro atoms. The number of hydrogen-bond acceptors (Lipinski definition) is 1. The predicted molar refractivity (Wildman–Crippen MR) is 54.4 cm³/mol. The first-order valence-corrected chi connectivity index (χ1v) is 4.72. The van der Waals surface area contributed by atoms with Crippen molar-refractivity contribution in [1.82, 2.24) is 9.78 Å². The van der Waals surface area contributed by atoms with Crippen molar-refractivity contribution in [2.75, 3.05) is 0 Å². The Kier molecular flexibility index (Phi) is 2.96. The molecule has 1 aromatic rings. The summed E-state index contributed by atoms with van der Waals surface area (Å²) in [7, 11) is 0. The van der Waals surface area contributed by atoms with Gasteiger partial charge < -0.3 is 0 Å². The van der Waals surface area contributed by atoms with E-state index in [9.17, 15) is 0 Å². The molecule has 0 saturated carbocycles. The molecule has 66 valence electrons. The number of hydrogen-bond donors (Lipinski definition) is 0. The Morgan fingerprint density at radius 3 is 2.58 bits per heavy atom. The molecule has 0 fully saturated rings. The van der Waals surface area contributed by atoms with Crippen LogP contribution in [0.2, 0.25) is 0 Å². The summed E-state index contributed by atoms with van der Waals surface area (Å²) in [6.07, 6.45) is 0. The Morgan fingerprint density at radius 1 is 1.67 bits per heavy atom. The second kappa shape index (κ2) is 3.62. The van der Waals surface area contributed by atoms with Gasteiger partial charge in [-0.05, 0) is 29.8 Å². The zero-order valence-corrected chi connectivity index (χ0v) is 9.41. The normalized spacial score (nSPS) is 10.3. The highest BCUT2D eigenvalue weighted by Gasteiger charge is 2.07. The molecule has 12 heavy (non-hydrogen) atoms. The van der Waals surface area contributed by atoms with E-state index in [1.807, 2.05) is 18.5 Å². The van der Waals surface area contributed by atoms with E-state index < -0.39 is 0 Å². The fourth-order valence-corrected chi connectivity index (χ4v) is 1.39. The van der Waals surface area contributed by atoms with E-state index in [0.29, 0.717) is 11.6 Å². The Balaban J connectivity index is 3.01. The van der Waals surface area contributed by atoms with E-state index in [2.05, 4.69) is 27.6 Å². The van der Waals surface area contributed by atoms with Crippen molar-refractivity contribution in [2.45, 2.75) is 20.4 Å². The SMILES string of the molecule is C=C(Cl)Cn1nc(C)c(Br)c1C. The summed E-state index contributed by atoms with van der Waals surface area (Å²) in [5.41, 5.74) is 2.06. The van der Waals surface area contributed by atoms with Crippen molar-refractivity contribution in [3.8, 4) is 0 Å². The standard InChI is InChI=1S/C8H10BrClN2/c1-5(10)4-12-7(3)8(9)6(2)11-12/h1,4H2,2-3H3. The molecule has 0 atom stereocenters. The zero-order chi connectivity index (χ0) is 9.30. The first kappa shape index (κ1) is 9.81. The fourth-order valence-electron chi connectivity index (χ4n) is 0.992. The highest BCUT2D eigenvalue weighted by molar-refractivity contribution is 9.10. The van der Waals surface area contributed by atoms with Gasteiger partial charge in [0.15, 0.2) is 0 Å². The van der Waals surface area contributed by atoms with Crippen LogP contribution in [0.3, 0.4) is 0 Å². The lowest BCUT2D eigenvalue weighted by molar-refractivity contribution is 0.666. The first-order valence-electron chi connectivity index (χ1n) is 3.55. The van der Waals surface area contributed by atoms with Gasteiger partial charge in [-0.2, -0.15) is 5.10 Å². The van der Waals surface area contributed by atoms with Crippen LogP contribution < -0.4 is 0 Å². The van der Waals surface area contributed by atoms with Gasteiger partial charge in [0.2, 0.25) is 0 Å². The molecule has 0 bridgehead atoms. The topological polar surface area (TPSA) is 17.8 Å². The Bertz CT molecular complexity index is 317. The third-order valence-corrected chi connectivity index (χ3v) is 2.88. The maximum Gasteiger partial charge on any atom is 0.0763 e. The molecule has 0 radical (unpaired) electrons. The van der Waals surface area contributed by atoms with Crippen molar-refractivity contribution in [1.29, 1.82) is 0 Å². The first-order chi connectivity index (χ1) is 5.52. The number of rotatable bonds is 2. The molecule has 1 rings (SSSR count). The number of halogens is 2. The van der Waals surface area contributed by atoms with Gasteiger partial charge in [0.25, 0.3) is 0 Å². The molecule has 0 N–H and O–H groups in total. The Morgan fingerprint density at radius 2 is 2.25 bits per heavy atom. The summed E-state index contributed by atoms with van der Waals surface area (Å²) >= 11 is 9.11. The molecule has 1 aromatic heterocycles. The molecule has 0 aliphatic rings. The van der Waals surface area contributed by atoms with Gasteiger partial charge in [-0.15, -0.1) is 0 Å². The second-order valence-electron chi connectivity index (χ2n) is 2.66. The number of nitrogens with zero attached hydrogens (tertiary/aromatic N) is 2. The van der Waals surface area contributed by atoms with E-state index in [1.165, 1.54) is 0 Å². The van der Waals surface area contributed by atoms with Crippen molar-refractivity contribution in [2.24, 2.45) is 0 Å². The molecule has 2 nitrogen and oxygen atoms in total. The van der Waals surface area contributed by atoms with Crippen LogP contribution in [0.1, 0.15) is 11.4 Å². The quantitative estimate of drug-likeness (QED) is 0.788. The lowest BCUT2D eigenvalue weighted by Crippen LogP contribution is -2.01. The van der Waals surface area contributed by atoms with Crippen molar-refractivity contribution in [3.05, 3.63) is 27.5 Å². The molecule has 0 aliphatic heterocycles. The molecule has 0 amide bonds. The zero-order valence-electron chi connectivity index (χ0n) is 7.06. The van der Waals surface area contributed by atoms with Crippen LogP contribution in [0.5, 0.6) is 0 Å². The fraction of sp³-hybridized carbons (Fsp3) is 0.375. The van der Waals surface area contributed by atoms with E-state index in [1.54, 1.807) is 0 Å². The van der Waals surface area contributed by atoms with Crippen LogP contribution in [-0.2, 0) is 6.54 Å². The van der Waals surface area contributed by atoms with Gasteiger partial charge in [0.1, 0.15) is 0 Å². The summed E-state index contributed by atoms with van der Waals surface area (Å²) in [4.78, 5) is 0. The second-order valence-corrected chi connectivity index (χ2v) is 3.99. The van der Waals surface area contributed by atoms with Crippen LogP contribution >= 0.6 is 27.5 Å². The van der Waals surface area contributed by atoms with E-state index in [0.717, 1.165) is 15.9 Å². The Hall–Kier alpha value is -0.280. The molecule has 0 aromatic carbocycles. The van der Waals surface area contributed by atoms with Gasteiger partial charge in [0.05, 0.1) is 22.4 Å². The summed E-state index contributed by atoms with van der Waals surface area (Å²) < 4.78 is 2.87. The van der Waals surface area contributed by atoms with E-state index in [-0.39, 0.29) is 0 Å². The van der Waals surface area contributed by atoms with Crippen LogP contribution in [0.25, 0.3) is 0 Å². The highest BCUT2D eigenvalue weighted by atomic mass is 79.9. The maximum atomic E-state index is 5.68. The lowest BCUT2D eigenvalue weighted by Gasteiger charge is -2.00. The van der Waals surface area contributed by atoms with Gasteiger partial charge >= 0.3 is 0 Å². The summed E-state index contributed by atoms with van der Waals surface area (Å²) in [5.74, 6) is 0. The summed E-state index contributed by atoms with van der Waals surface area (Å²) in [6.45, 7) is 8.13. The molecular formula is C8H10BrClN2. The maximum absolute atomic E-state index is 5.68. The van der Waals surface area contributed by atoms with Crippen LogP contribution in [0.15, 0.2) is 16.1 Å².